The van der Waals surface area contributed by atoms with Crippen LogP contribution in [0.25, 0.3) is 5.57 Å². The van der Waals surface area contributed by atoms with E-state index in [2.05, 4.69) is 0 Å². The van der Waals surface area contributed by atoms with Gasteiger partial charge in [0.05, 0.1) is 24.1 Å². The van der Waals surface area contributed by atoms with Gasteiger partial charge >= 0.3 is 0 Å². The van der Waals surface area contributed by atoms with Crippen molar-refractivity contribution in [2.75, 3.05) is 26.0 Å². The highest BCUT2D eigenvalue weighted by Gasteiger charge is 2.38. The summed E-state index contributed by atoms with van der Waals surface area (Å²) in [4.78, 5) is 27.8. The number of carbonyl (C=O) groups is 2. The largest absolute Gasteiger partial charge is 0.497 e. The molecule has 1 heterocycles. The highest BCUT2D eigenvalue weighted by molar-refractivity contribution is 8.04. The zero-order valence-corrected chi connectivity index (χ0v) is 18.0. The van der Waals surface area contributed by atoms with E-state index in [1.807, 2.05) is 39.0 Å². The van der Waals surface area contributed by atoms with Crippen LogP contribution in [-0.4, -0.2) is 42.7 Å². The first-order valence-corrected chi connectivity index (χ1v) is 10.5. The van der Waals surface area contributed by atoms with Crippen molar-refractivity contribution in [1.82, 2.24) is 4.90 Å². The summed E-state index contributed by atoms with van der Waals surface area (Å²) in [6.45, 7) is 6.44. The van der Waals surface area contributed by atoms with Crippen molar-refractivity contribution in [1.29, 1.82) is 0 Å². The number of aryl methyl sites for hydroxylation is 2. The first-order chi connectivity index (χ1) is 14.0. The van der Waals surface area contributed by atoms with Gasteiger partial charge in [-0.3, -0.25) is 14.5 Å². The van der Waals surface area contributed by atoms with Crippen LogP contribution in [0, 0.1) is 13.8 Å². The molecule has 3 rings (SSSR count). The molecule has 5 nitrogen and oxygen atoms in total. The smallest absolute Gasteiger partial charge is 0.268 e. The van der Waals surface area contributed by atoms with Gasteiger partial charge in [-0.1, -0.05) is 25.1 Å². The lowest BCUT2D eigenvalue weighted by Gasteiger charge is -2.16. The Morgan fingerprint density at radius 2 is 1.62 bits per heavy atom. The number of amides is 2. The number of benzene rings is 2. The fraction of sp³-hybridized carbons (Fsp3) is 0.304. The first-order valence-electron chi connectivity index (χ1n) is 9.54. The topological polar surface area (TPSA) is 55.8 Å². The van der Waals surface area contributed by atoms with Crippen molar-refractivity contribution in [3.8, 4) is 11.5 Å². The quantitative estimate of drug-likeness (QED) is 0.609. The molecule has 29 heavy (non-hydrogen) atoms. The number of ether oxygens (including phenoxy) is 2. The van der Waals surface area contributed by atoms with Gasteiger partial charge in [-0.25, -0.2) is 0 Å². The van der Waals surface area contributed by atoms with Crippen LogP contribution in [0.4, 0.5) is 0 Å². The summed E-state index contributed by atoms with van der Waals surface area (Å²) in [7, 11) is 1.60. The molecule has 1 aliphatic heterocycles. The monoisotopic (exact) mass is 411 g/mol. The molecule has 2 aromatic rings. The van der Waals surface area contributed by atoms with Crippen molar-refractivity contribution in [3.05, 3.63) is 64.1 Å². The van der Waals surface area contributed by atoms with Gasteiger partial charge in [0.15, 0.2) is 0 Å². The molecule has 0 saturated heterocycles. The zero-order valence-electron chi connectivity index (χ0n) is 17.2. The lowest BCUT2D eigenvalue weighted by atomic mass is 10.0. The standard InChI is InChI=1S/C23H25NO4S/c1-5-29-21-20(17-7-6-15(2)16(3)14-17)22(25)24(23(21)26)12-13-28-19-10-8-18(27-4)9-11-19/h6-11,14H,5,12-13H2,1-4H3. The Hall–Kier alpha value is -2.73. The summed E-state index contributed by atoms with van der Waals surface area (Å²) in [6.07, 6.45) is 0. The number of thioether (sulfide) groups is 1. The molecule has 1 aliphatic rings. The van der Waals surface area contributed by atoms with Crippen LogP contribution in [0.1, 0.15) is 23.6 Å². The van der Waals surface area contributed by atoms with Crippen LogP contribution >= 0.6 is 11.8 Å². The molecule has 0 fully saturated rings. The number of imide groups is 1. The molecule has 6 heteroatoms. The van der Waals surface area contributed by atoms with E-state index >= 15 is 0 Å². The third kappa shape index (κ3) is 4.48. The minimum absolute atomic E-state index is 0.200. The second-order valence-electron chi connectivity index (χ2n) is 6.72. The molecule has 2 amide bonds. The highest BCUT2D eigenvalue weighted by atomic mass is 32.2. The summed E-state index contributed by atoms with van der Waals surface area (Å²) in [5.41, 5.74) is 3.54. The minimum Gasteiger partial charge on any atom is -0.497 e. The van der Waals surface area contributed by atoms with Crippen LogP contribution in [0.3, 0.4) is 0 Å². The normalized spacial score (nSPS) is 14.0. The van der Waals surface area contributed by atoms with Crippen molar-refractivity contribution >= 4 is 29.1 Å². The molecule has 0 atom stereocenters. The van der Waals surface area contributed by atoms with E-state index in [-0.39, 0.29) is 25.0 Å². The Kier molecular flexibility index (Phi) is 6.64. The highest BCUT2D eigenvalue weighted by Crippen LogP contribution is 2.36. The van der Waals surface area contributed by atoms with Crippen molar-refractivity contribution in [3.63, 3.8) is 0 Å². The Morgan fingerprint density at radius 3 is 2.24 bits per heavy atom. The number of hydrogen-bond acceptors (Lipinski definition) is 5. The molecule has 0 aromatic heterocycles. The molecule has 0 unspecified atom stereocenters. The van der Waals surface area contributed by atoms with Gasteiger partial charge in [0.25, 0.3) is 11.8 Å². The summed E-state index contributed by atoms with van der Waals surface area (Å²) < 4.78 is 10.8. The Balaban J connectivity index is 1.75. The van der Waals surface area contributed by atoms with Gasteiger partial charge in [0, 0.05) is 0 Å². The van der Waals surface area contributed by atoms with E-state index in [9.17, 15) is 9.59 Å². The number of carbonyl (C=O) groups excluding carboxylic acids is 2. The van der Waals surface area contributed by atoms with Crippen molar-refractivity contribution in [2.24, 2.45) is 0 Å². The lowest BCUT2D eigenvalue weighted by molar-refractivity contribution is -0.136. The van der Waals surface area contributed by atoms with Crippen LogP contribution in [0.15, 0.2) is 47.4 Å². The molecule has 2 aromatic carbocycles. The fourth-order valence-electron chi connectivity index (χ4n) is 3.11. The van der Waals surface area contributed by atoms with Gasteiger partial charge in [-0.05, 0) is 60.6 Å². The number of rotatable bonds is 8. The van der Waals surface area contributed by atoms with Crippen molar-refractivity contribution < 1.29 is 19.1 Å². The van der Waals surface area contributed by atoms with E-state index in [1.165, 1.54) is 16.7 Å². The third-order valence-electron chi connectivity index (χ3n) is 4.85. The SMILES string of the molecule is CCSC1=C(c2ccc(C)c(C)c2)C(=O)N(CCOc2ccc(OC)cc2)C1=O. The van der Waals surface area contributed by atoms with Crippen LogP contribution < -0.4 is 9.47 Å². The van der Waals surface area contributed by atoms with Gasteiger partial charge in [0.1, 0.15) is 18.1 Å². The average molecular weight is 412 g/mol. The average Bonchev–Trinajstić information content (AvgIpc) is 2.95. The molecular weight excluding hydrogens is 386 g/mol. The second-order valence-corrected chi connectivity index (χ2v) is 8.00. The van der Waals surface area contributed by atoms with E-state index < -0.39 is 0 Å². The summed E-state index contributed by atoms with van der Waals surface area (Å²) in [5, 5.41) is 0. The van der Waals surface area contributed by atoms with E-state index in [4.69, 9.17) is 9.47 Å². The van der Waals surface area contributed by atoms with Crippen LogP contribution in [0.2, 0.25) is 0 Å². The number of methoxy groups -OCH3 is 1. The Labute approximate surface area is 175 Å². The van der Waals surface area contributed by atoms with Gasteiger partial charge in [0.2, 0.25) is 0 Å². The maximum Gasteiger partial charge on any atom is 0.268 e. The molecule has 152 valence electrons. The second kappa shape index (κ2) is 9.18. The fourth-order valence-corrected chi connectivity index (χ4v) is 3.99. The zero-order chi connectivity index (χ0) is 21.0. The summed E-state index contributed by atoms with van der Waals surface area (Å²) in [6, 6.07) is 13.1. The van der Waals surface area contributed by atoms with Gasteiger partial charge in [-0.2, -0.15) is 0 Å². The third-order valence-corrected chi connectivity index (χ3v) is 5.81. The lowest BCUT2D eigenvalue weighted by Crippen LogP contribution is -2.35. The van der Waals surface area contributed by atoms with E-state index in [1.54, 1.807) is 31.4 Å². The molecule has 0 bridgehead atoms. The summed E-state index contributed by atoms with van der Waals surface area (Å²) >= 11 is 1.41. The molecular formula is C23H25NO4S. The van der Waals surface area contributed by atoms with Crippen molar-refractivity contribution in [2.45, 2.75) is 20.8 Å². The molecule has 0 N–H and O–H groups in total. The Bertz CT molecular complexity index is 950. The Morgan fingerprint density at radius 1 is 0.931 bits per heavy atom. The summed E-state index contributed by atoms with van der Waals surface area (Å²) in [5.74, 6) is 1.63. The maximum absolute atomic E-state index is 13.1. The van der Waals surface area contributed by atoms with Crippen LogP contribution in [0.5, 0.6) is 11.5 Å². The molecule has 0 saturated carbocycles. The predicted molar refractivity (Wildman–Crippen MR) is 116 cm³/mol. The first kappa shape index (κ1) is 21.0. The molecule has 0 aliphatic carbocycles. The molecule has 0 radical (unpaired) electrons. The molecule has 0 spiro atoms. The van der Waals surface area contributed by atoms with E-state index in [0.717, 1.165) is 28.2 Å². The predicted octanol–water partition coefficient (Wildman–Crippen LogP) is 4.22. The van der Waals surface area contributed by atoms with Gasteiger partial charge in [-0.15, -0.1) is 11.8 Å². The maximum atomic E-state index is 13.1. The number of hydrogen-bond donors (Lipinski definition) is 0. The van der Waals surface area contributed by atoms with E-state index in [0.29, 0.717) is 16.2 Å². The van der Waals surface area contributed by atoms with Gasteiger partial charge < -0.3 is 9.47 Å². The van der Waals surface area contributed by atoms with Crippen LogP contribution in [-0.2, 0) is 9.59 Å². The number of nitrogens with zero attached hydrogens (tertiary/aromatic N) is 1. The minimum atomic E-state index is -0.257.